The maximum atomic E-state index is 12.9. The van der Waals surface area contributed by atoms with E-state index in [-0.39, 0.29) is 0 Å². The average Bonchev–Trinajstić information content (AvgIpc) is 2.61. The summed E-state index contributed by atoms with van der Waals surface area (Å²) in [5.74, 6) is 1.61. The van der Waals surface area contributed by atoms with E-state index in [0.29, 0.717) is 13.2 Å². The fourth-order valence-electron chi connectivity index (χ4n) is 2.24. The minimum absolute atomic E-state index is 0.332. The minimum Gasteiger partial charge on any atom is -0.306 e. The molecule has 0 aromatic heterocycles. The van der Waals surface area contributed by atoms with E-state index in [0.717, 1.165) is 16.7 Å². The highest BCUT2D eigenvalue weighted by Gasteiger charge is 2.21. The first-order valence-electron chi connectivity index (χ1n) is 8.07. The van der Waals surface area contributed by atoms with Crippen molar-refractivity contribution in [2.45, 2.75) is 13.8 Å². The molecular weight excluding hydrogens is 319 g/mol. The molecule has 0 aliphatic rings. The average molecular weight is 342 g/mol. The van der Waals surface area contributed by atoms with Gasteiger partial charge in [0.25, 0.3) is 0 Å². The quantitative estimate of drug-likeness (QED) is 0.435. The fourth-order valence-corrected chi connectivity index (χ4v) is 3.76. The lowest BCUT2D eigenvalue weighted by Crippen LogP contribution is -1.94. The number of rotatable bonds is 8. The van der Waals surface area contributed by atoms with Gasteiger partial charge in [-0.25, -0.2) is 0 Å². The molecule has 0 fully saturated rings. The number of hydrogen-bond acceptors (Lipinski definition) is 3. The molecule has 0 atom stereocenters. The van der Waals surface area contributed by atoms with E-state index >= 15 is 0 Å². The minimum atomic E-state index is -3.28. The number of hydrogen-bond donors (Lipinski definition) is 0. The maximum absolute atomic E-state index is 12.9. The molecule has 126 valence electrons. The highest BCUT2D eigenvalue weighted by molar-refractivity contribution is 7.57. The van der Waals surface area contributed by atoms with E-state index in [1.807, 2.05) is 86.7 Å². The van der Waals surface area contributed by atoms with E-state index in [1.165, 1.54) is 0 Å². The van der Waals surface area contributed by atoms with Gasteiger partial charge in [0, 0.05) is 5.82 Å². The van der Waals surface area contributed by atoms with Crippen LogP contribution < -0.4 is 0 Å². The second kappa shape index (κ2) is 9.39. The van der Waals surface area contributed by atoms with Crippen molar-refractivity contribution in [1.82, 2.24) is 0 Å². The summed E-state index contributed by atoms with van der Waals surface area (Å²) in [6.45, 7) is 4.28. The summed E-state index contributed by atoms with van der Waals surface area (Å²) in [7, 11) is -3.28. The van der Waals surface area contributed by atoms with Gasteiger partial charge in [-0.05, 0) is 30.5 Å². The van der Waals surface area contributed by atoms with Gasteiger partial charge < -0.3 is 9.05 Å². The fraction of sp³-hybridized carbons (Fsp3) is 0.200. The maximum Gasteiger partial charge on any atom is 0.354 e. The first kappa shape index (κ1) is 18.4. The molecule has 0 unspecified atom stereocenters. The Labute approximate surface area is 144 Å². The molecule has 0 aliphatic carbocycles. The summed E-state index contributed by atoms with van der Waals surface area (Å²) in [5.41, 5.74) is 2.84. The van der Waals surface area contributed by atoms with Crippen molar-refractivity contribution >= 4 is 19.2 Å². The van der Waals surface area contributed by atoms with E-state index in [9.17, 15) is 4.57 Å². The summed E-state index contributed by atoms with van der Waals surface area (Å²) >= 11 is 0. The molecule has 3 nitrogen and oxygen atoms in total. The lowest BCUT2D eigenvalue weighted by Gasteiger charge is -2.14. The summed E-state index contributed by atoms with van der Waals surface area (Å²) in [6, 6.07) is 19.8. The van der Waals surface area contributed by atoms with Crippen molar-refractivity contribution in [2.75, 3.05) is 13.2 Å². The van der Waals surface area contributed by atoms with Crippen LogP contribution in [0.3, 0.4) is 0 Å². The van der Waals surface area contributed by atoms with E-state index in [4.69, 9.17) is 9.05 Å². The zero-order valence-corrected chi connectivity index (χ0v) is 15.0. The van der Waals surface area contributed by atoms with Crippen LogP contribution in [0.25, 0.3) is 11.6 Å². The lowest BCUT2D eigenvalue weighted by atomic mass is 10.1. The van der Waals surface area contributed by atoms with Gasteiger partial charge in [0.1, 0.15) is 0 Å². The van der Waals surface area contributed by atoms with Crippen molar-refractivity contribution < 1.29 is 13.6 Å². The second-order valence-electron chi connectivity index (χ2n) is 5.07. The molecule has 0 aliphatic heterocycles. The molecule has 0 heterocycles. The zero-order valence-electron chi connectivity index (χ0n) is 14.1. The third-order valence-electron chi connectivity index (χ3n) is 3.28. The van der Waals surface area contributed by atoms with E-state index in [2.05, 4.69) is 0 Å². The van der Waals surface area contributed by atoms with Gasteiger partial charge in [0.05, 0.1) is 13.2 Å². The summed E-state index contributed by atoms with van der Waals surface area (Å²) < 4.78 is 23.6. The van der Waals surface area contributed by atoms with Crippen LogP contribution in [-0.2, 0) is 13.6 Å². The van der Waals surface area contributed by atoms with E-state index < -0.39 is 7.60 Å². The van der Waals surface area contributed by atoms with Crippen molar-refractivity contribution in [3.8, 4) is 0 Å². The SMILES string of the molecule is CCOP(=O)(/C=C(\C=C\c1ccccc1)c1ccccc1)OCC. The van der Waals surface area contributed by atoms with Crippen LogP contribution in [0.15, 0.2) is 72.6 Å². The molecule has 0 saturated carbocycles. The van der Waals surface area contributed by atoms with Gasteiger partial charge in [-0.2, -0.15) is 0 Å². The van der Waals surface area contributed by atoms with Crippen LogP contribution in [0.2, 0.25) is 0 Å². The predicted octanol–water partition coefficient (Wildman–Crippen LogP) is 6.01. The summed E-state index contributed by atoms with van der Waals surface area (Å²) in [6.07, 6.45) is 3.93. The molecule has 0 amide bonds. The van der Waals surface area contributed by atoms with Crippen molar-refractivity contribution in [3.05, 3.63) is 83.7 Å². The van der Waals surface area contributed by atoms with Gasteiger partial charge in [-0.1, -0.05) is 72.8 Å². The van der Waals surface area contributed by atoms with Gasteiger partial charge in [0.15, 0.2) is 0 Å². The topological polar surface area (TPSA) is 35.5 Å². The lowest BCUT2D eigenvalue weighted by molar-refractivity contribution is 0.229. The van der Waals surface area contributed by atoms with Gasteiger partial charge in [-0.3, -0.25) is 4.57 Å². The van der Waals surface area contributed by atoms with Crippen molar-refractivity contribution in [2.24, 2.45) is 0 Å². The monoisotopic (exact) mass is 342 g/mol. The Morgan fingerprint density at radius 1 is 0.917 bits per heavy atom. The number of allylic oxidation sites excluding steroid dienone is 2. The first-order valence-corrected chi connectivity index (χ1v) is 9.68. The predicted molar refractivity (Wildman–Crippen MR) is 101 cm³/mol. The summed E-state index contributed by atoms with van der Waals surface area (Å²) in [4.78, 5) is 0. The standard InChI is InChI=1S/C20H23O3P/c1-3-22-24(21,23-4-2)17-20(19-13-9-6-10-14-19)16-15-18-11-7-5-8-12-18/h5-17H,3-4H2,1-2H3/b16-15+,20-17+. The summed E-state index contributed by atoms with van der Waals surface area (Å²) in [5, 5.41) is 0. The van der Waals surface area contributed by atoms with Crippen LogP contribution in [0.5, 0.6) is 0 Å². The van der Waals surface area contributed by atoms with Crippen molar-refractivity contribution in [3.63, 3.8) is 0 Å². The Bertz CT molecular complexity index is 711. The highest BCUT2D eigenvalue weighted by atomic mass is 31.2. The largest absolute Gasteiger partial charge is 0.354 e. The zero-order chi connectivity index (χ0) is 17.3. The molecule has 0 bridgehead atoms. The molecule has 0 N–H and O–H groups in total. The Hall–Kier alpha value is -1.93. The molecule has 2 aromatic rings. The molecule has 0 radical (unpaired) electrons. The Balaban J connectivity index is 2.41. The molecule has 24 heavy (non-hydrogen) atoms. The van der Waals surface area contributed by atoms with E-state index in [1.54, 1.807) is 5.82 Å². The molecule has 4 heteroatoms. The van der Waals surface area contributed by atoms with Gasteiger partial charge >= 0.3 is 7.60 Å². The molecular formula is C20H23O3P. The Kier molecular flexibility index (Phi) is 7.20. The molecule has 2 aromatic carbocycles. The molecule has 2 rings (SSSR count). The van der Waals surface area contributed by atoms with Crippen molar-refractivity contribution in [1.29, 1.82) is 0 Å². The third kappa shape index (κ3) is 5.61. The van der Waals surface area contributed by atoms with Crippen LogP contribution in [0.4, 0.5) is 0 Å². The van der Waals surface area contributed by atoms with Crippen LogP contribution in [0, 0.1) is 0 Å². The second-order valence-corrected chi connectivity index (χ2v) is 6.92. The Morgan fingerprint density at radius 3 is 2.00 bits per heavy atom. The van der Waals surface area contributed by atoms with Crippen LogP contribution in [0.1, 0.15) is 25.0 Å². The third-order valence-corrected chi connectivity index (χ3v) is 5.11. The van der Waals surface area contributed by atoms with Crippen LogP contribution >= 0.6 is 7.60 Å². The Morgan fingerprint density at radius 2 is 1.46 bits per heavy atom. The smallest absolute Gasteiger partial charge is 0.306 e. The normalized spacial score (nSPS) is 12.7. The van der Waals surface area contributed by atoms with Gasteiger partial charge in [0.2, 0.25) is 0 Å². The van der Waals surface area contributed by atoms with Gasteiger partial charge in [-0.15, -0.1) is 0 Å². The molecule has 0 saturated heterocycles. The first-order chi connectivity index (χ1) is 11.7. The molecule has 0 spiro atoms. The van der Waals surface area contributed by atoms with Crippen LogP contribution in [-0.4, -0.2) is 13.2 Å². The highest BCUT2D eigenvalue weighted by Crippen LogP contribution is 2.51. The number of benzene rings is 2.